The summed E-state index contributed by atoms with van der Waals surface area (Å²) in [6, 6.07) is 17.2. The van der Waals surface area contributed by atoms with Gasteiger partial charge in [0.25, 0.3) is 0 Å². The van der Waals surface area contributed by atoms with Gasteiger partial charge < -0.3 is 9.72 Å². The SMILES string of the molecule is NS(=O)(=O)c1ccc(OCCN2CCCCC2c2cc3ccccc3[nH]2)cc1. The molecule has 2 aromatic carbocycles. The lowest BCUT2D eigenvalue weighted by Gasteiger charge is -2.35. The molecule has 0 bridgehead atoms. The molecule has 2 heterocycles. The molecule has 1 aromatic heterocycles. The third kappa shape index (κ3) is 4.22. The molecule has 4 rings (SSSR count). The summed E-state index contributed by atoms with van der Waals surface area (Å²) in [7, 11) is -3.67. The van der Waals surface area contributed by atoms with E-state index in [0.717, 1.165) is 19.5 Å². The number of nitrogens with zero attached hydrogens (tertiary/aromatic N) is 1. The van der Waals surface area contributed by atoms with E-state index in [2.05, 4.69) is 40.2 Å². The van der Waals surface area contributed by atoms with Gasteiger partial charge in [-0.25, -0.2) is 13.6 Å². The summed E-state index contributed by atoms with van der Waals surface area (Å²) < 4.78 is 28.5. The molecule has 1 atom stereocenters. The van der Waals surface area contributed by atoms with E-state index in [1.54, 1.807) is 12.1 Å². The van der Waals surface area contributed by atoms with Crippen LogP contribution in [0.4, 0.5) is 0 Å². The lowest BCUT2D eigenvalue weighted by atomic mass is 9.99. The summed E-state index contributed by atoms with van der Waals surface area (Å²) in [5, 5.41) is 6.37. The molecule has 1 saturated heterocycles. The summed E-state index contributed by atoms with van der Waals surface area (Å²) in [4.78, 5) is 6.13. The summed E-state index contributed by atoms with van der Waals surface area (Å²) in [5.41, 5.74) is 2.44. The second kappa shape index (κ2) is 7.95. The molecule has 1 aliphatic heterocycles. The number of piperidine rings is 1. The monoisotopic (exact) mass is 399 g/mol. The number of hydrogen-bond acceptors (Lipinski definition) is 4. The zero-order chi connectivity index (χ0) is 19.6. The molecule has 0 saturated carbocycles. The fraction of sp³-hybridized carbons (Fsp3) is 0.333. The van der Waals surface area contributed by atoms with Gasteiger partial charge in [0.2, 0.25) is 10.0 Å². The van der Waals surface area contributed by atoms with Crippen molar-refractivity contribution in [1.29, 1.82) is 0 Å². The van der Waals surface area contributed by atoms with Crippen LogP contribution in [-0.2, 0) is 10.0 Å². The Morgan fingerprint density at radius 2 is 1.89 bits per heavy atom. The normalized spacial score (nSPS) is 18.4. The van der Waals surface area contributed by atoms with Crippen molar-refractivity contribution < 1.29 is 13.2 Å². The predicted molar refractivity (Wildman–Crippen MR) is 110 cm³/mol. The molecule has 6 nitrogen and oxygen atoms in total. The lowest BCUT2D eigenvalue weighted by molar-refractivity contribution is 0.121. The van der Waals surface area contributed by atoms with Gasteiger partial charge in [-0.3, -0.25) is 4.90 Å². The van der Waals surface area contributed by atoms with Crippen LogP contribution in [0.2, 0.25) is 0 Å². The number of para-hydroxylation sites is 1. The van der Waals surface area contributed by atoms with E-state index in [1.165, 1.54) is 41.6 Å². The highest BCUT2D eigenvalue weighted by atomic mass is 32.2. The number of sulfonamides is 1. The van der Waals surface area contributed by atoms with E-state index >= 15 is 0 Å². The molecule has 0 spiro atoms. The Morgan fingerprint density at radius 1 is 1.11 bits per heavy atom. The summed E-state index contributed by atoms with van der Waals surface area (Å²) in [6.45, 7) is 2.41. The van der Waals surface area contributed by atoms with Crippen LogP contribution in [0.5, 0.6) is 5.75 Å². The number of benzene rings is 2. The van der Waals surface area contributed by atoms with Crippen LogP contribution in [0.3, 0.4) is 0 Å². The van der Waals surface area contributed by atoms with E-state index in [1.807, 2.05) is 0 Å². The Kier molecular flexibility index (Phi) is 5.39. The first-order valence-corrected chi connectivity index (χ1v) is 11.1. The largest absolute Gasteiger partial charge is 0.492 e. The molecular formula is C21H25N3O3S. The van der Waals surface area contributed by atoms with E-state index in [9.17, 15) is 8.42 Å². The standard InChI is InChI=1S/C21H25N3O3S/c22-28(25,26)18-10-8-17(9-11-18)27-14-13-24-12-4-3-7-21(24)20-15-16-5-1-2-6-19(16)23-20/h1-2,5-6,8-11,15,21,23H,3-4,7,12-14H2,(H2,22,25,26). The van der Waals surface area contributed by atoms with Crippen molar-refractivity contribution in [2.75, 3.05) is 19.7 Å². The lowest BCUT2D eigenvalue weighted by Crippen LogP contribution is -2.36. The minimum atomic E-state index is -3.67. The Bertz CT molecular complexity index is 1010. The number of likely N-dealkylation sites (tertiary alicyclic amines) is 1. The molecule has 0 aliphatic carbocycles. The molecule has 3 N–H and O–H groups in total. The highest BCUT2D eigenvalue weighted by molar-refractivity contribution is 7.89. The summed E-state index contributed by atoms with van der Waals surface area (Å²) >= 11 is 0. The second-order valence-electron chi connectivity index (χ2n) is 7.22. The van der Waals surface area contributed by atoms with Gasteiger partial charge in [0.15, 0.2) is 0 Å². The Hall–Kier alpha value is -2.35. The number of aromatic nitrogens is 1. The number of rotatable bonds is 6. The zero-order valence-corrected chi connectivity index (χ0v) is 16.5. The first-order chi connectivity index (χ1) is 13.5. The van der Waals surface area contributed by atoms with Gasteiger partial charge >= 0.3 is 0 Å². The average Bonchev–Trinajstić information content (AvgIpc) is 3.12. The quantitative estimate of drug-likeness (QED) is 0.665. The van der Waals surface area contributed by atoms with E-state index < -0.39 is 10.0 Å². The van der Waals surface area contributed by atoms with Crippen LogP contribution >= 0.6 is 0 Å². The number of hydrogen-bond donors (Lipinski definition) is 2. The Labute approximate surface area is 165 Å². The molecule has 148 valence electrons. The fourth-order valence-electron chi connectivity index (χ4n) is 3.89. The number of ether oxygens (including phenoxy) is 1. The molecule has 0 radical (unpaired) electrons. The van der Waals surface area contributed by atoms with Crippen LogP contribution in [0.15, 0.2) is 59.5 Å². The maximum absolute atomic E-state index is 11.3. The van der Waals surface area contributed by atoms with Gasteiger partial charge in [0, 0.05) is 23.8 Å². The van der Waals surface area contributed by atoms with Crippen LogP contribution < -0.4 is 9.88 Å². The second-order valence-corrected chi connectivity index (χ2v) is 8.79. The minimum absolute atomic E-state index is 0.0924. The van der Waals surface area contributed by atoms with Crippen molar-refractivity contribution in [2.24, 2.45) is 5.14 Å². The minimum Gasteiger partial charge on any atom is -0.492 e. The number of fused-ring (bicyclic) bond motifs is 1. The molecule has 1 fully saturated rings. The van der Waals surface area contributed by atoms with Crippen molar-refractivity contribution in [1.82, 2.24) is 9.88 Å². The summed E-state index contributed by atoms with van der Waals surface area (Å²) in [5.74, 6) is 0.645. The van der Waals surface area contributed by atoms with Gasteiger partial charge in [0.05, 0.1) is 4.90 Å². The first-order valence-electron chi connectivity index (χ1n) is 9.58. The highest BCUT2D eigenvalue weighted by Gasteiger charge is 2.25. The van der Waals surface area contributed by atoms with Crippen molar-refractivity contribution >= 4 is 20.9 Å². The molecular weight excluding hydrogens is 374 g/mol. The number of primary sulfonamides is 1. The van der Waals surface area contributed by atoms with Gasteiger partial charge in [-0.2, -0.15) is 0 Å². The van der Waals surface area contributed by atoms with Crippen molar-refractivity contribution in [3.63, 3.8) is 0 Å². The number of H-pyrrole nitrogens is 1. The van der Waals surface area contributed by atoms with Crippen LogP contribution in [0.25, 0.3) is 10.9 Å². The number of nitrogens with one attached hydrogen (secondary N) is 1. The average molecular weight is 400 g/mol. The topological polar surface area (TPSA) is 88.4 Å². The van der Waals surface area contributed by atoms with E-state index in [4.69, 9.17) is 9.88 Å². The summed E-state index contributed by atoms with van der Waals surface area (Å²) in [6.07, 6.45) is 3.56. The third-order valence-electron chi connectivity index (χ3n) is 5.32. The van der Waals surface area contributed by atoms with E-state index in [0.29, 0.717) is 18.4 Å². The smallest absolute Gasteiger partial charge is 0.238 e. The third-order valence-corrected chi connectivity index (χ3v) is 6.25. The first kappa shape index (κ1) is 19.0. The number of nitrogens with two attached hydrogens (primary N) is 1. The van der Waals surface area contributed by atoms with Gasteiger partial charge in [-0.05, 0) is 61.2 Å². The van der Waals surface area contributed by atoms with Crippen molar-refractivity contribution in [2.45, 2.75) is 30.2 Å². The molecule has 0 amide bonds. The van der Waals surface area contributed by atoms with Crippen LogP contribution in [0.1, 0.15) is 31.0 Å². The molecule has 1 aliphatic rings. The molecule has 7 heteroatoms. The van der Waals surface area contributed by atoms with Crippen molar-refractivity contribution in [3.05, 3.63) is 60.3 Å². The molecule has 3 aromatic rings. The van der Waals surface area contributed by atoms with Gasteiger partial charge in [-0.1, -0.05) is 24.6 Å². The molecule has 1 unspecified atom stereocenters. The number of aromatic amines is 1. The van der Waals surface area contributed by atoms with E-state index in [-0.39, 0.29) is 4.90 Å². The van der Waals surface area contributed by atoms with Crippen LogP contribution in [-0.4, -0.2) is 38.0 Å². The van der Waals surface area contributed by atoms with Crippen molar-refractivity contribution in [3.8, 4) is 5.75 Å². The predicted octanol–water partition coefficient (Wildman–Crippen LogP) is 3.42. The molecule has 28 heavy (non-hydrogen) atoms. The van der Waals surface area contributed by atoms with Crippen LogP contribution in [0, 0.1) is 0 Å². The van der Waals surface area contributed by atoms with Gasteiger partial charge in [-0.15, -0.1) is 0 Å². The van der Waals surface area contributed by atoms with Gasteiger partial charge in [0.1, 0.15) is 12.4 Å². The Balaban J connectivity index is 1.40. The zero-order valence-electron chi connectivity index (χ0n) is 15.7. The fourth-order valence-corrected chi connectivity index (χ4v) is 4.41. The highest BCUT2D eigenvalue weighted by Crippen LogP contribution is 2.32. The Morgan fingerprint density at radius 3 is 2.64 bits per heavy atom. The maximum atomic E-state index is 11.3. The maximum Gasteiger partial charge on any atom is 0.238 e.